The van der Waals surface area contributed by atoms with Crippen LogP contribution in [0.15, 0.2) is 24.3 Å². The Bertz CT molecular complexity index is 622. The summed E-state index contributed by atoms with van der Waals surface area (Å²) in [7, 11) is 0. The molecule has 2 rings (SSSR count). The van der Waals surface area contributed by atoms with Gasteiger partial charge in [-0.2, -0.15) is 5.10 Å². The van der Waals surface area contributed by atoms with E-state index in [1.165, 1.54) is 18.2 Å². The van der Waals surface area contributed by atoms with E-state index < -0.39 is 5.82 Å². The van der Waals surface area contributed by atoms with Crippen LogP contribution in [-0.2, 0) is 13.0 Å². The SMILES string of the molecule is CCn1nc(C)cc1CC(=O)c1ccc(Cl)c(F)c1. The quantitative estimate of drug-likeness (QED) is 0.804. The van der Waals surface area contributed by atoms with Crippen LogP contribution in [0.25, 0.3) is 0 Å². The lowest BCUT2D eigenvalue weighted by molar-refractivity contribution is 0.0990. The number of benzene rings is 1. The van der Waals surface area contributed by atoms with Crippen molar-refractivity contribution in [3.05, 3.63) is 52.1 Å². The van der Waals surface area contributed by atoms with E-state index in [0.717, 1.165) is 11.4 Å². The summed E-state index contributed by atoms with van der Waals surface area (Å²) < 4.78 is 15.1. The van der Waals surface area contributed by atoms with Gasteiger partial charge in [-0.05, 0) is 38.1 Å². The highest BCUT2D eigenvalue weighted by atomic mass is 35.5. The number of rotatable bonds is 4. The van der Waals surface area contributed by atoms with Gasteiger partial charge in [-0.3, -0.25) is 9.48 Å². The Labute approximate surface area is 116 Å². The first kappa shape index (κ1) is 13.7. The second-order valence-corrected chi connectivity index (χ2v) is 4.73. The predicted molar refractivity (Wildman–Crippen MR) is 72.1 cm³/mol. The highest BCUT2D eigenvalue weighted by Crippen LogP contribution is 2.17. The molecule has 19 heavy (non-hydrogen) atoms. The number of carbonyl (C=O) groups is 1. The number of carbonyl (C=O) groups excluding carboxylic acids is 1. The Hall–Kier alpha value is -1.68. The molecule has 0 N–H and O–H groups in total. The normalized spacial score (nSPS) is 10.7. The fraction of sp³-hybridized carbons (Fsp3) is 0.286. The Morgan fingerprint density at radius 1 is 1.42 bits per heavy atom. The minimum Gasteiger partial charge on any atom is -0.294 e. The summed E-state index contributed by atoms with van der Waals surface area (Å²) in [5.74, 6) is -0.724. The number of aryl methyl sites for hydroxylation is 2. The molecule has 0 atom stereocenters. The van der Waals surface area contributed by atoms with Crippen molar-refractivity contribution in [2.45, 2.75) is 26.8 Å². The number of hydrogen-bond donors (Lipinski definition) is 0. The zero-order chi connectivity index (χ0) is 14.0. The average molecular weight is 281 g/mol. The second-order valence-electron chi connectivity index (χ2n) is 4.32. The standard InChI is InChI=1S/C14H14ClFN2O/c1-3-18-11(6-9(2)17-18)8-14(19)10-4-5-12(15)13(16)7-10/h4-7H,3,8H2,1-2H3. The summed E-state index contributed by atoms with van der Waals surface area (Å²) in [5.41, 5.74) is 2.02. The minimum absolute atomic E-state index is 0.0194. The van der Waals surface area contributed by atoms with E-state index in [-0.39, 0.29) is 17.2 Å². The van der Waals surface area contributed by atoms with E-state index in [1.807, 2.05) is 19.9 Å². The molecule has 0 aliphatic rings. The first-order valence-electron chi connectivity index (χ1n) is 6.03. The Morgan fingerprint density at radius 3 is 2.79 bits per heavy atom. The maximum atomic E-state index is 13.3. The number of halogens is 2. The molecule has 0 bridgehead atoms. The lowest BCUT2D eigenvalue weighted by Crippen LogP contribution is -2.10. The van der Waals surface area contributed by atoms with Crippen molar-refractivity contribution in [2.75, 3.05) is 0 Å². The van der Waals surface area contributed by atoms with Gasteiger partial charge in [0, 0.05) is 17.8 Å². The van der Waals surface area contributed by atoms with Crippen LogP contribution in [0.5, 0.6) is 0 Å². The van der Waals surface area contributed by atoms with E-state index in [9.17, 15) is 9.18 Å². The van der Waals surface area contributed by atoms with E-state index in [0.29, 0.717) is 12.1 Å². The van der Waals surface area contributed by atoms with Crippen molar-refractivity contribution < 1.29 is 9.18 Å². The molecule has 1 aromatic heterocycles. The van der Waals surface area contributed by atoms with Gasteiger partial charge < -0.3 is 0 Å². The van der Waals surface area contributed by atoms with Crippen LogP contribution in [0.1, 0.15) is 28.7 Å². The molecular formula is C14H14ClFN2O. The number of Topliss-reactive ketones (excluding diaryl/α,β-unsaturated/α-hetero) is 1. The largest absolute Gasteiger partial charge is 0.294 e. The molecule has 1 aromatic carbocycles. The molecule has 0 aliphatic heterocycles. The van der Waals surface area contributed by atoms with Gasteiger partial charge in [-0.25, -0.2) is 4.39 Å². The van der Waals surface area contributed by atoms with Gasteiger partial charge in [-0.1, -0.05) is 11.6 Å². The highest BCUT2D eigenvalue weighted by molar-refractivity contribution is 6.30. The molecular weight excluding hydrogens is 267 g/mol. The van der Waals surface area contributed by atoms with Crippen molar-refractivity contribution in [3.8, 4) is 0 Å². The van der Waals surface area contributed by atoms with Crippen LogP contribution >= 0.6 is 11.6 Å². The molecule has 0 spiro atoms. The first-order valence-corrected chi connectivity index (χ1v) is 6.40. The summed E-state index contributed by atoms with van der Waals surface area (Å²) >= 11 is 5.60. The van der Waals surface area contributed by atoms with Crippen LogP contribution < -0.4 is 0 Å². The minimum atomic E-state index is -0.576. The van der Waals surface area contributed by atoms with E-state index >= 15 is 0 Å². The van der Waals surface area contributed by atoms with Crippen molar-refractivity contribution in [1.82, 2.24) is 9.78 Å². The van der Waals surface area contributed by atoms with Gasteiger partial charge in [0.1, 0.15) is 5.82 Å². The van der Waals surface area contributed by atoms with Crippen molar-refractivity contribution in [2.24, 2.45) is 0 Å². The molecule has 3 nitrogen and oxygen atoms in total. The molecule has 0 saturated heterocycles. The zero-order valence-corrected chi connectivity index (χ0v) is 11.5. The van der Waals surface area contributed by atoms with Crippen LogP contribution in [0.2, 0.25) is 5.02 Å². The topological polar surface area (TPSA) is 34.9 Å². The van der Waals surface area contributed by atoms with Gasteiger partial charge in [0.05, 0.1) is 17.1 Å². The Kier molecular flexibility index (Phi) is 4.00. The maximum absolute atomic E-state index is 13.3. The van der Waals surface area contributed by atoms with Crippen molar-refractivity contribution in [3.63, 3.8) is 0 Å². The first-order chi connectivity index (χ1) is 9.01. The van der Waals surface area contributed by atoms with Crippen LogP contribution in [-0.4, -0.2) is 15.6 Å². The summed E-state index contributed by atoms with van der Waals surface area (Å²) in [6.07, 6.45) is 0.204. The van der Waals surface area contributed by atoms with Gasteiger partial charge in [0.15, 0.2) is 5.78 Å². The molecule has 0 amide bonds. The van der Waals surface area contributed by atoms with Crippen LogP contribution in [0.3, 0.4) is 0 Å². The number of hydrogen-bond acceptors (Lipinski definition) is 2. The molecule has 100 valence electrons. The summed E-state index contributed by atoms with van der Waals surface area (Å²) in [4.78, 5) is 12.1. The molecule has 0 aliphatic carbocycles. The molecule has 0 radical (unpaired) electrons. The van der Waals surface area contributed by atoms with Crippen LogP contribution in [0, 0.1) is 12.7 Å². The summed E-state index contributed by atoms with van der Waals surface area (Å²) in [5, 5.41) is 4.30. The van der Waals surface area contributed by atoms with Gasteiger partial charge in [-0.15, -0.1) is 0 Å². The third-order valence-corrected chi connectivity index (χ3v) is 3.17. The Balaban J connectivity index is 2.22. The highest BCUT2D eigenvalue weighted by Gasteiger charge is 2.13. The van der Waals surface area contributed by atoms with Crippen molar-refractivity contribution in [1.29, 1.82) is 0 Å². The van der Waals surface area contributed by atoms with Crippen molar-refractivity contribution >= 4 is 17.4 Å². The third-order valence-electron chi connectivity index (χ3n) is 2.87. The van der Waals surface area contributed by atoms with E-state index in [2.05, 4.69) is 5.10 Å². The number of aromatic nitrogens is 2. The maximum Gasteiger partial charge on any atom is 0.168 e. The second kappa shape index (κ2) is 5.53. The smallest absolute Gasteiger partial charge is 0.168 e. The molecule has 0 unspecified atom stereocenters. The molecule has 5 heteroatoms. The summed E-state index contributed by atoms with van der Waals surface area (Å²) in [6.45, 7) is 4.54. The monoisotopic (exact) mass is 280 g/mol. The number of ketones is 1. The lowest BCUT2D eigenvalue weighted by atomic mass is 10.1. The van der Waals surface area contributed by atoms with Gasteiger partial charge in [0.2, 0.25) is 0 Å². The van der Waals surface area contributed by atoms with E-state index in [1.54, 1.807) is 4.68 Å². The molecule has 0 saturated carbocycles. The molecule has 1 heterocycles. The molecule has 2 aromatic rings. The molecule has 0 fully saturated rings. The number of nitrogens with zero attached hydrogens (tertiary/aromatic N) is 2. The predicted octanol–water partition coefficient (Wildman–Crippen LogP) is 3.43. The average Bonchev–Trinajstić information content (AvgIpc) is 2.72. The lowest BCUT2D eigenvalue weighted by Gasteiger charge is -2.04. The van der Waals surface area contributed by atoms with Gasteiger partial charge in [0.25, 0.3) is 0 Å². The Morgan fingerprint density at radius 2 is 2.16 bits per heavy atom. The fourth-order valence-corrected chi connectivity index (χ4v) is 2.07. The third kappa shape index (κ3) is 3.01. The van der Waals surface area contributed by atoms with Crippen LogP contribution in [0.4, 0.5) is 4.39 Å². The zero-order valence-electron chi connectivity index (χ0n) is 10.8. The van der Waals surface area contributed by atoms with Gasteiger partial charge >= 0.3 is 0 Å². The summed E-state index contributed by atoms with van der Waals surface area (Å²) in [6, 6.07) is 5.97. The fourth-order valence-electron chi connectivity index (χ4n) is 1.95. The van der Waals surface area contributed by atoms with E-state index in [4.69, 9.17) is 11.6 Å².